The van der Waals surface area contributed by atoms with E-state index in [4.69, 9.17) is 5.73 Å². The standard InChI is InChI=1S/C17H26N4O2/c1-11-6-4-5-7-14(11)15(20-17(18)23)8-16(22)21-9-12(2)19-13(3)10-21/h4-7,12-13,15,19H,8-10H2,1-3H3,(H3,18,20,23)/t12-,13+,15-/m0/s1. The van der Waals surface area contributed by atoms with Gasteiger partial charge in [0.15, 0.2) is 0 Å². The lowest BCUT2D eigenvalue weighted by Gasteiger charge is -2.37. The molecule has 1 aromatic rings. The van der Waals surface area contributed by atoms with Crippen molar-refractivity contribution in [3.8, 4) is 0 Å². The van der Waals surface area contributed by atoms with Gasteiger partial charge in [0.1, 0.15) is 0 Å². The van der Waals surface area contributed by atoms with Gasteiger partial charge in [-0.2, -0.15) is 0 Å². The van der Waals surface area contributed by atoms with E-state index in [1.807, 2.05) is 36.1 Å². The minimum absolute atomic E-state index is 0.0344. The Morgan fingerprint density at radius 3 is 2.48 bits per heavy atom. The number of carbonyl (C=O) groups excluding carboxylic acids is 2. The molecular formula is C17H26N4O2. The number of hydrogen-bond acceptors (Lipinski definition) is 3. The van der Waals surface area contributed by atoms with E-state index in [1.165, 1.54) is 0 Å². The van der Waals surface area contributed by atoms with Crippen molar-refractivity contribution in [3.63, 3.8) is 0 Å². The van der Waals surface area contributed by atoms with Crippen molar-refractivity contribution in [2.45, 2.75) is 45.3 Å². The van der Waals surface area contributed by atoms with Gasteiger partial charge < -0.3 is 21.3 Å². The number of nitrogens with two attached hydrogens (primary N) is 1. The molecule has 0 radical (unpaired) electrons. The van der Waals surface area contributed by atoms with E-state index in [-0.39, 0.29) is 24.4 Å². The lowest BCUT2D eigenvalue weighted by molar-refractivity contribution is -0.133. The maximum Gasteiger partial charge on any atom is 0.312 e. The highest BCUT2D eigenvalue weighted by atomic mass is 16.2. The predicted molar refractivity (Wildman–Crippen MR) is 89.9 cm³/mol. The van der Waals surface area contributed by atoms with Crippen molar-refractivity contribution in [2.24, 2.45) is 5.73 Å². The van der Waals surface area contributed by atoms with Crippen LogP contribution in [0.1, 0.15) is 37.4 Å². The summed E-state index contributed by atoms with van der Waals surface area (Å²) in [5, 5.41) is 6.11. The Hall–Kier alpha value is -2.08. The number of aryl methyl sites for hydroxylation is 1. The molecule has 6 nitrogen and oxygen atoms in total. The summed E-state index contributed by atoms with van der Waals surface area (Å²) in [5.74, 6) is 0.0344. The van der Waals surface area contributed by atoms with Crippen molar-refractivity contribution in [3.05, 3.63) is 35.4 Å². The minimum Gasteiger partial charge on any atom is -0.352 e. The zero-order valence-corrected chi connectivity index (χ0v) is 14.0. The summed E-state index contributed by atoms with van der Waals surface area (Å²) in [6.07, 6.45) is 0.216. The highest BCUT2D eigenvalue weighted by Crippen LogP contribution is 2.22. The zero-order chi connectivity index (χ0) is 17.0. The highest BCUT2D eigenvalue weighted by molar-refractivity contribution is 5.79. The van der Waals surface area contributed by atoms with Gasteiger partial charge in [0.05, 0.1) is 12.5 Å². The first-order valence-electron chi connectivity index (χ1n) is 8.02. The summed E-state index contributed by atoms with van der Waals surface area (Å²) in [5.41, 5.74) is 7.25. The fourth-order valence-corrected chi connectivity index (χ4v) is 3.22. The van der Waals surface area contributed by atoms with Crippen LogP contribution in [0.2, 0.25) is 0 Å². The molecular weight excluding hydrogens is 292 g/mol. The largest absolute Gasteiger partial charge is 0.352 e. The number of nitrogens with one attached hydrogen (secondary N) is 2. The van der Waals surface area contributed by atoms with E-state index in [2.05, 4.69) is 24.5 Å². The molecule has 1 saturated heterocycles. The number of carbonyl (C=O) groups is 2. The third-order valence-electron chi connectivity index (χ3n) is 4.17. The number of primary amides is 1. The zero-order valence-electron chi connectivity index (χ0n) is 14.0. The molecule has 1 aliphatic rings. The molecule has 4 N–H and O–H groups in total. The second-order valence-electron chi connectivity index (χ2n) is 6.39. The summed E-state index contributed by atoms with van der Waals surface area (Å²) in [6, 6.07) is 7.23. The van der Waals surface area contributed by atoms with Crippen LogP contribution in [-0.2, 0) is 4.79 Å². The molecule has 0 saturated carbocycles. The molecule has 3 amide bonds. The summed E-state index contributed by atoms with van der Waals surface area (Å²) in [7, 11) is 0. The van der Waals surface area contributed by atoms with Gasteiger partial charge >= 0.3 is 6.03 Å². The van der Waals surface area contributed by atoms with Gasteiger partial charge in [-0.05, 0) is 31.9 Å². The summed E-state index contributed by atoms with van der Waals surface area (Å²) in [6.45, 7) is 7.46. The average Bonchev–Trinajstić information content (AvgIpc) is 2.45. The van der Waals surface area contributed by atoms with Crippen LogP contribution in [0.4, 0.5) is 4.79 Å². The monoisotopic (exact) mass is 318 g/mol. The smallest absolute Gasteiger partial charge is 0.312 e. The van der Waals surface area contributed by atoms with Crippen LogP contribution in [0.15, 0.2) is 24.3 Å². The molecule has 1 aliphatic heterocycles. The fourth-order valence-electron chi connectivity index (χ4n) is 3.22. The summed E-state index contributed by atoms with van der Waals surface area (Å²) < 4.78 is 0. The molecule has 3 atom stereocenters. The highest BCUT2D eigenvalue weighted by Gasteiger charge is 2.27. The Balaban J connectivity index is 2.13. The van der Waals surface area contributed by atoms with Gasteiger partial charge in [-0.3, -0.25) is 4.79 Å². The van der Waals surface area contributed by atoms with Gasteiger partial charge in [-0.1, -0.05) is 24.3 Å². The molecule has 0 aliphatic carbocycles. The van der Waals surface area contributed by atoms with Crippen molar-refractivity contribution >= 4 is 11.9 Å². The van der Waals surface area contributed by atoms with E-state index < -0.39 is 12.1 Å². The van der Waals surface area contributed by atoms with E-state index in [0.717, 1.165) is 11.1 Å². The molecule has 126 valence electrons. The first-order valence-corrected chi connectivity index (χ1v) is 8.02. The average molecular weight is 318 g/mol. The number of piperazine rings is 1. The number of hydrogen-bond donors (Lipinski definition) is 3. The lowest BCUT2D eigenvalue weighted by atomic mass is 9.98. The Labute approximate surface area is 137 Å². The van der Waals surface area contributed by atoms with E-state index in [0.29, 0.717) is 13.1 Å². The topological polar surface area (TPSA) is 87.5 Å². The predicted octanol–water partition coefficient (Wildman–Crippen LogP) is 1.30. The molecule has 2 rings (SSSR count). The van der Waals surface area contributed by atoms with Crippen LogP contribution >= 0.6 is 0 Å². The van der Waals surface area contributed by atoms with Gasteiger partial charge in [0, 0.05) is 25.2 Å². The molecule has 0 unspecified atom stereocenters. The first kappa shape index (κ1) is 17.3. The Morgan fingerprint density at radius 2 is 1.91 bits per heavy atom. The number of benzene rings is 1. The van der Waals surface area contributed by atoms with Crippen molar-refractivity contribution in [1.82, 2.24) is 15.5 Å². The van der Waals surface area contributed by atoms with Crippen LogP contribution in [0.5, 0.6) is 0 Å². The van der Waals surface area contributed by atoms with Crippen LogP contribution in [0.25, 0.3) is 0 Å². The molecule has 1 fully saturated rings. The second-order valence-corrected chi connectivity index (χ2v) is 6.39. The lowest BCUT2D eigenvalue weighted by Crippen LogP contribution is -2.56. The number of urea groups is 1. The van der Waals surface area contributed by atoms with Gasteiger partial charge in [-0.15, -0.1) is 0 Å². The fraction of sp³-hybridized carbons (Fsp3) is 0.529. The van der Waals surface area contributed by atoms with E-state index in [1.54, 1.807) is 0 Å². The Kier molecular flexibility index (Phi) is 5.60. The molecule has 23 heavy (non-hydrogen) atoms. The second kappa shape index (κ2) is 7.46. The third-order valence-corrected chi connectivity index (χ3v) is 4.17. The number of nitrogens with zero attached hydrogens (tertiary/aromatic N) is 1. The molecule has 0 aromatic heterocycles. The molecule has 0 spiro atoms. The van der Waals surface area contributed by atoms with Crippen LogP contribution < -0.4 is 16.4 Å². The summed E-state index contributed by atoms with van der Waals surface area (Å²) >= 11 is 0. The van der Waals surface area contributed by atoms with Crippen LogP contribution in [0.3, 0.4) is 0 Å². The van der Waals surface area contributed by atoms with Gasteiger partial charge in [-0.25, -0.2) is 4.79 Å². The van der Waals surface area contributed by atoms with Gasteiger partial charge in [0.25, 0.3) is 0 Å². The maximum absolute atomic E-state index is 12.7. The number of rotatable bonds is 4. The molecule has 1 heterocycles. The van der Waals surface area contributed by atoms with Crippen LogP contribution in [0, 0.1) is 6.92 Å². The SMILES string of the molecule is Cc1ccccc1[C@H](CC(=O)N1C[C@@H](C)N[C@@H](C)C1)NC(N)=O. The van der Waals surface area contributed by atoms with E-state index in [9.17, 15) is 9.59 Å². The number of amides is 3. The molecule has 6 heteroatoms. The van der Waals surface area contributed by atoms with Crippen molar-refractivity contribution in [2.75, 3.05) is 13.1 Å². The van der Waals surface area contributed by atoms with Crippen molar-refractivity contribution in [1.29, 1.82) is 0 Å². The quantitative estimate of drug-likeness (QED) is 0.782. The molecule has 1 aromatic carbocycles. The Bertz CT molecular complexity index is 565. The van der Waals surface area contributed by atoms with Gasteiger partial charge in [0.2, 0.25) is 5.91 Å². The summed E-state index contributed by atoms with van der Waals surface area (Å²) in [4.78, 5) is 25.9. The minimum atomic E-state index is -0.617. The third kappa shape index (κ3) is 4.69. The maximum atomic E-state index is 12.7. The van der Waals surface area contributed by atoms with Crippen LogP contribution in [-0.4, -0.2) is 42.0 Å². The normalized spacial score (nSPS) is 22.5. The van der Waals surface area contributed by atoms with E-state index >= 15 is 0 Å². The molecule has 0 bridgehead atoms. The first-order chi connectivity index (χ1) is 10.9. The van der Waals surface area contributed by atoms with Crippen molar-refractivity contribution < 1.29 is 9.59 Å². The Morgan fingerprint density at radius 1 is 1.30 bits per heavy atom.